The van der Waals surface area contributed by atoms with Crippen molar-refractivity contribution in [1.29, 1.82) is 0 Å². The number of nitrogens with zero attached hydrogens (tertiary/aromatic N) is 1. The summed E-state index contributed by atoms with van der Waals surface area (Å²) in [5.74, 6) is 2.42. The van der Waals surface area contributed by atoms with Crippen LogP contribution >= 0.6 is 24.0 Å². The summed E-state index contributed by atoms with van der Waals surface area (Å²) in [6, 6.07) is 6.08. The van der Waals surface area contributed by atoms with Crippen molar-refractivity contribution in [3.8, 4) is 11.5 Å². The molecule has 1 saturated carbocycles. The van der Waals surface area contributed by atoms with Crippen LogP contribution in [0.15, 0.2) is 23.2 Å². The Labute approximate surface area is 210 Å². The summed E-state index contributed by atoms with van der Waals surface area (Å²) in [5, 5.41) is 6.69. The molecule has 2 N–H and O–H groups in total. The fraction of sp³-hybridized carbons (Fsp3) is 0.708. The van der Waals surface area contributed by atoms with Gasteiger partial charge in [0, 0.05) is 26.3 Å². The second-order valence-electron chi connectivity index (χ2n) is 8.19. The zero-order valence-corrected chi connectivity index (χ0v) is 21.9. The third-order valence-electron chi connectivity index (χ3n) is 5.67. The zero-order chi connectivity index (χ0) is 21.7. The van der Waals surface area contributed by atoms with Gasteiger partial charge in [0.25, 0.3) is 0 Å². The van der Waals surface area contributed by atoms with Crippen LogP contribution in [0.25, 0.3) is 0 Å². The van der Waals surface area contributed by atoms with Crippen molar-refractivity contribution in [2.24, 2.45) is 4.99 Å². The van der Waals surface area contributed by atoms with Crippen molar-refractivity contribution in [3.63, 3.8) is 0 Å². The van der Waals surface area contributed by atoms with E-state index in [1.54, 1.807) is 7.11 Å². The Morgan fingerprint density at radius 1 is 1.12 bits per heavy atom. The molecule has 3 rings (SSSR count). The molecule has 7 nitrogen and oxygen atoms in total. The highest BCUT2D eigenvalue weighted by molar-refractivity contribution is 14.0. The summed E-state index contributed by atoms with van der Waals surface area (Å²) < 4.78 is 23.0. The molecular weight excluding hydrogens is 521 g/mol. The second kappa shape index (κ2) is 15.6. The molecule has 0 aromatic heterocycles. The Bertz CT molecular complexity index is 677. The molecule has 1 atom stereocenters. The second-order valence-corrected chi connectivity index (χ2v) is 8.19. The average Bonchev–Trinajstić information content (AvgIpc) is 3.49. The van der Waals surface area contributed by atoms with Gasteiger partial charge in [-0.05, 0) is 69.6 Å². The predicted octanol–water partition coefficient (Wildman–Crippen LogP) is 4.28. The minimum absolute atomic E-state index is 0. The van der Waals surface area contributed by atoms with Crippen molar-refractivity contribution < 1.29 is 18.9 Å². The predicted molar refractivity (Wildman–Crippen MR) is 139 cm³/mol. The zero-order valence-electron chi connectivity index (χ0n) is 19.6. The van der Waals surface area contributed by atoms with E-state index in [0.29, 0.717) is 25.4 Å². The Hall–Kier alpha value is -1.26. The Kier molecular flexibility index (Phi) is 13.1. The van der Waals surface area contributed by atoms with Crippen LogP contribution in [-0.2, 0) is 16.0 Å². The molecule has 0 bridgehead atoms. The van der Waals surface area contributed by atoms with Crippen LogP contribution in [0.4, 0.5) is 0 Å². The number of aliphatic imine (C=N–C) groups is 1. The van der Waals surface area contributed by atoms with Crippen LogP contribution in [-0.4, -0.2) is 58.2 Å². The summed E-state index contributed by atoms with van der Waals surface area (Å²) in [6.07, 6.45) is 8.53. The van der Waals surface area contributed by atoms with Crippen LogP contribution in [0.3, 0.4) is 0 Å². The van der Waals surface area contributed by atoms with Gasteiger partial charge in [0.15, 0.2) is 17.5 Å². The SMILES string of the molecule is CCNC(=NCc1ccc(OC)c(OC2CCCC2)c1)NCCCOCC1CCCO1.I. The lowest BCUT2D eigenvalue weighted by Gasteiger charge is -2.17. The summed E-state index contributed by atoms with van der Waals surface area (Å²) >= 11 is 0. The van der Waals surface area contributed by atoms with Crippen LogP contribution in [0.2, 0.25) is 0 Å². The molecule has 0 amide bonds. The van der Waals surface area contributed by atoms with Gasteiger partial charge in [0.2, 0.25) is 0 Å². The van der Waals surface area contributed by atoms with E-state index in [0.717, 1.165) is 81.4 Å². The highest BCUT2D eigenvalue weighted by Crippen LogP contribution is 2.32. The minimum Gasteiger partial charge on any atom is -0.493 e. The molecule has 0 radical (unpaired) electrons. The lowest BCUT2D eigenvalue weighted by atomic mass is 10.2. The van der Waals surface area contributed by atoms with Crippen molar-refractivity contribution in [2.45, 2.75) is 70.6 Å². The molecule has 1 heterocycles. The van der Waals surface area contributed by atoms with E-state index in [4.69, 9.17) is 23.9 Å². The monoisotopic (exact) mass is 561 g/mol. The Morgan fingerprint density at radius 2 is 1.97 bits per heavy atom. The van der Waals surface area contributed by atoms with E-state index in [-0.39, 0.29) is 24.0 Å². The molecule has 1 aliphatic heterocycles. The number of guanidine groups is 1. The maximum Gasteiger partial charge on any atom is 0.191 e. The van der Waals surface area contributed by atoms with Gasteiger partial charge in [0.05, 0.1) is 32.5 Å². The van der Waals surface area contributed by atoms with E-state index in [1.165, 1.54) is 12.8 Å². The topological polar surface area (TPSA) is 73.3 Å². The van der Waals surface area contributed by atoms with Crippen molar-refractivity contribution in [2.75, 3.05) is 40.0 Å². The van der Waals surface area contributed by atoms with Crippen LogP contribution in [0, 0.1) is 0 Å². The third-order valence-corrected chi connectivity index (χ3v) is 5.67. The van der Waals surface area contributed by atoms with E-state index >= 15 is 0 Å². The van der Waals surface area contributed by atoms with Gasteiger partial charge in [-0.25, -0.2) is 4.99 Å². The van der Waals surface area contributed by atoms with Gasteiger partial charge in [0.1, 0.15) is 0 Å². The molecule has 2 fully saturated rings. The quantitative estimate of drug-likeness (QED) is 0.172. The summed E-state index contributed by atoms with van der Waals surface area (Å²) in [4.78, 5) is 4.73. The molecule has 1 aromatic carbocycles. The normalized spacial score (nSPS) is 18.9. The van der Waals surface area contributed by atoms with Crippen molar-refractivity contribution in [1.82, 2.24) is 10.6 Å². The first-order valence-electron chi connectivity index (χ1n) is 11.8. The molecule has 0 spiro atoms. The lowest BCUT2D eigenvalue weighted by molar-refractivity contribution is 0.0168. The number of benzene rings is 1. The van der Waals surface area contributed by atoms with Crippen LogP contribution < -0.4 is 20.1 Å². The first-order chi connectivity index (χ1) is 15.3. The smallest absolute Gasteiger partial charge is 0.191 e. The fourth-order valence-electron chi connectivity index (χ4n) is 3.98. The van der Waals surface area contributed by atoms with Gasteiger partial charge in [-0.15, -0.1) is 24.0 Å². The molecule has 1 aliphatic carbocycles. The Morgan fingerprint density at radius 3 is 2.69 bits per heavy atom. The molecule has 1 saturated heterocycles. The first kappa shape index (κ1) is 27.0. The largest absolute Gasteiger partial charge is 0.493 e. The number of hydrogen-bond acceptors (Lipinski definition) is 5. The standard InChI is InChI=1S/C24H39N3O4.HI/c1-3-25-24(26-13-7-14-29-18-21-10-6-15-30-21)27-17-19-11-12-22(28-2)23(16-19)31-20-8-4-5-9-20;/h11-12,16,20-21H,3-10,13-15,17-18H2,1-2H3,(H2,25,26,27);1H. The Balaban J connectivity index is 0.00000363. The van der Waals surface area contributed by atoms with Crippen molar-refractivity contribution >= 4 is 29.9 Å². The minimum atomic E-state index is 0. The third kappa shape index (κ3) is 9.31. The number of halogens is 1. The van der Waals surface area contributed by atoms with E-state index in [1.807, 2.05) is 12.1 Å². The van der Waals surface area contributed by atoms with Crippen LogP contribution in [0.1, 0.15) is 57.4 Å². The highest BCUT2D eigenvalue weighted by Gasteiger charge is 2.18. The van der Waals surface area contributed by atoms with E-state index < -0.39 is 0 Å². The summed E-state index contributed by atoms with van der Waals surface area (Å²) in [5.41, 5.74) is 1.10. The molecule has 2 aliphatic rings. The molecule has 182 valence electrons. The number of methoxy groups -OCH3 is 1. The van der Waals surface area contributed by atoms with Crippen molar-refractivity contribution in [3.05, 3.63) is 23.8 Å². The molecule has 1 aromatic rings. The maximum atomic E-state index is 6.20. The molecule has 1 unspecified atom stereocenters. The number of rotatable bonds is 12. The fourth-order valence-corrected chi connectivity index (χ4v) is 3.98. The maximum absolute atomic E-state index is 6.20. The van der Waals surface area contributed by atoms with E-state index in [2.05, 4.69) is 23.6 Å². The van der Waals surface area contributed by atoms with Gasteiger partial charge in [-0.2, -0.15) is 0 Å². The number of hydrogen-bond donors (Lipinski definition) is 2. The van der Waals surface area contributed by atoms with Gasteiger partial charge >= 0.3 is 0 Å². The van der Waals surface area contributed by atoms with Gasteiger partial charge in [-0.1, -0.05) is 6.07 Å². The molecule has 8 heteroatoms. The van der Waals surface area contributed by atoms with E-state index in [9.17, 15) is 0 Å². The molecule has 32 heavy (non-hydrogen) atoms. The number of nitrogens with one attached hydrogen (secondary N) is 2. The molecular formula is C24H40IN3O4. The first-order valence-corrected chi connectivity index (χ1v) is 11.8. The summed E-state index contributed by atoms with van der Waals surface area (Å²) in [7, 11) is 1.69. The lowest BCUT2D eigenvalue weighted by Crippen LogP contribution is -2.38. The van der Waals surface area contributed by atoms with Gasteiger partial charge in [-0.3, -0.25) is 0 Å². The number of ether oxygens (including phenoxy) is 4. The van der Waals surface area contributed by atoms with Gasteiger partial charge < -0.3 is 29.6 Å². The summed E-state index contributed by atoms with van der Waals surface area (Å²) in [6.45, 7) is 6.60. The average molecular weight is 562 g/mol. The van der Waals surface area contributed by atoms with Crippen LogP contribution in [0.5, 0.6) is 11.5 Å². The highest BCUT2D eigenvalue weighted by atomic mass is 127.